The van der Waals surface area contributed by atoms with Gasteiger partial charge in [0, 0.05) is 19.3 Å². The summed E-state index contributed by atoms with van der Waals surface area (Å²) in [5, 5.41) is 17.5. The minimum Gasteiger partial charge on any atom is -0.481 e. The Balaban J connectivity index is 3.17. The normalized spacial score (nSPS) is 11.6. The average Bonchev–Trinajstić information content (AvgIpc) is 2.25. The van der Waals surface area contributed by atoms with Crippen molar-refractivity contribution in [2.24, 2.45) is 0 Å². The molecule has 0 spiro atoms. The van der Waals surface area contributed by atoms with Gasteiger partial charge in [-0.3, -0.25) is 4.79 Å². The van der Waals surface area contributed by atoms with Crippen molar-refractivity contribution in [2.75, 3.05) is 0 Å². The summed E-state index contributed by atoms with van der Waals surface area (Å²) >= 11 is 0. The van der Waals surface area contributed by atoms with Gasteiger partial charge >= 0.3 is 5.97 Å². The van der Waals surface area contributed by atoms with Crippen LogP contribution in [-0.2, 0) is 4.79 Å². The molecule has 2 N–H and O–H groups in total. The van der Waals surface area contributed by atoms with Crippen LogP contribution in [0.5, 0.6) is 0 Å². The number of hydrogen-bond acceptors (Lipinski definition) is 2. The van der Waals surface area contributed by atoms with Crippen LogP contribution in [-0.4, -0.2) is 22.3 Å². The molecule has 0 aromatic rings. The van der Waals surface area contributed by atoms with E-state index in [1.54, 1.807) is 0 Å². The van der Waals surface area contributed by atoms with E-state index in [9.17, 15) is 4.79 Å². The first kappa shape index (κ1) is 16.0. The molecule has 0 rings (SSSR count). The highest BCUT2D eigenvalue weighted by atomic mass is 16.4. The Morgan fingerprint density at radius 1 is 1.06 bits per heavy atom. The number of rotatable bonds is 9. The van der Waals surface area contributed by atoms with Crippen LogP contribution in [0.3, 0.4) is 0 Å². The van der Waals surface area contributed by atoms with Gasteiger partial charge < -0.3 is 10.2 Å². The highest BCUT2D eigenvalue weighted by Gasteiger charge is 1.95. The van der Waals surface area contributed by atoms with Crippen molar-refractivity contribution in [3.8, 4) is 11.8 Å². The first-order valence-electron chi connectivity index (χ1n) is 6.48. The van der Waals surface area contributed by atoms with E-state index in [1.165, 1.54) is 0 Å². The molecule has 0 saturated heterocycles. The minimum absolute atomic E-state index is 0.177. The highest BCUT2D eigenvalue weighted by molar-refractivity contribution is 5.66. The van der Waals surface area contributed by atoms with Crippen molar-refractivity contribution < 1.29 is 15.0 Å². The monoisotopic (exact) mass is 240 g/mol. The SMILES string of the molecule is C[C@H](O)CCCCCCC#CCCCC(=O)O. The molecular weight excluding hydrogens is 216 g/mol. The number of carboxylic acids is 1. The van der Waals surface area contributed by atoms with Gasteiger partial charge in [0.25, 0.3) is 0 Å². The van der Waals surface area contributed by atoms with Crippen molar-refractivity contribution in [1.29, 1.82) is 0 Å². The van der Waals surface area contributed by atoms with Crippen LogP contribution < -0.4 is 0 Å². The number of aliphatic carboxylic acids is 1. The number of aliphatic hydroxyl groups excluding tert-OH is 1. The minimum atomic E-state index is -0.745. The number of hydrogen-bond donors (Lipinski definition) is 2. The highest BCUT2D eigenvalue weighted by Crippen LogP contribution is 2.06. The van der Waals surface area contributed by atoms with Gasteiger partial charge in [-0.25, -0.2) is 0 Å². The van der Waals surface area contributed by atoms with Gasteiger partial charge in [0.2, 0.25) is 0 Å². The van der Waals surface area contributed by atoms with Crippen LogP contribution in [0.2, 0.25) is 0 Å². The zero-order valence-electron chi connectivity index (χ0n) is 10.7. The summed E-state index contributed by atoms with van der Waals surface area (Å²) in [5.41, 5.74) is 0. The molecule has 3 nitrogen and oxygen atoms in total. The van der Waals surface area contributed by atoms with Crippen molar-refractivity contribution in [1.82, 2.24) is 0 Å². The van der Waals surface area contributed by atoms with Gasteiger partial charge in [0.15, 0.2) is 0 Å². The summed E-state index contributed by atoms with van der Waals surface area (Å²) in [5.74, 6) is 5.32. The molecule has 0 aliphatic rings. The summed E-state index contributed by atoms with van der Waals surface area (Å²) in [7, 11) is 0. The molecule has 0 bridgehead atoms. The maximum Gasteiger partial charge on any atom is 0.303 e. The first-order valence-corrected chi connectivity index (χ1v) is 6.48. The van der Waals surface area contributed by atoms with E-state index >= 15 is 0 Å². The number of unbranched alkanes of at least 4 members (excludes halogenated alkanes) is 5. The maximum atomic E-state index is 10.2. The van der Waals surface area contributed by atoms with E-state index in [2.05, 4.69) is 11.8 Å². The van der Waals surface area contributed by atoms with Gasteiger partial charge in [-0.05, 0) is 26.2 Å². The smallest absolute Gasteiger partial charge is 0.303 e. The first-order chi connectivity index (χ1) is 8.13. The maximum absolute atomic E-state index is 10.2. The molecule has 0 amide bonds. The summed E-state index contributed by atoms with van der Waals surface area (Å²) < 4.78 is 0. The fourth-order valence-electron chi connectivity index (χ4n) is 1.51. The second kappa shape index (κ2) is 11.5. The van der Waals surface area contributed by atoms with E-state index in [1.807, 2.05) is 6.92 Å². The lowest BCUT2D eigenvalue weighted by molar-refractivity contribution is -0.137. The molecule has 0 radical (unpaired) electrons. The molecule has 0 heterocycles. The van der Waals surface area contributed by atoms with Crippen LogP contribution in [0.1, 0.15) is 64.7 Å². The molecule has 0 saturated carbocycles. The Morgan fingerprint density at radius 3 is 2.24 bits per heavy atom. The Bertz CT molecular complexity index is 248. The van der Waals surface area contributed by atoms with Crippen LogP contribution >= 0.6 is 0 Å². The molecule has 1 atom stereocenters. The molecule has 0 fully saturated rings. The van der Waals surface area contributed by atoms with E-state index in [-0.39, 0.29) is 12.5 Å². The zero-order chi connectivity index (χ0) is 12.9. The van der Waals surface area contributed by atoms with Gasteiger partial charge in [0.05, 0.1) is 6.10 Å². The second-order valence-corrected chi connectivity index (χ2v) is 4.40. The van der Waals surface area contributed by atoms with Crippen LogP contribution in [0, 0.1) is 11.8 Å². The van der Waals surface area contributed by atoms with Gasteiger partial charge in [-0.1, -0.05) is 19.3 Å². The van der Waals surface area contributed by atoms with E-state index in [0.29, 0.717) is 12.8 Å². The van der Waals surface area contributed by atoms with Crippen molar-refractivity contribution in [3.05, 3.63) is 0 Å². The van der Waals surface area contributed by atoms with Crippen LogP contribution in [0.4, 0.5) is 0 Å². The lowest BCUT2D eigenvalue weighted by atomic mass is 10.1. The molecule has 3 heteroatoms. The summed E-state index contributed by atoms with van der Waals surface area (Å²) in [6.07, 6.45) is 7.68. The van der Waals surface area contributed by atoms with E-state index < -0.39 is 5.97 Å². The molecule has 0 aliphatic heterocycles. The quantitative estimate of drug-likeness (QED) is 0.481. The van der Waals surface area contributed by atoms with Crippen LogP contribution in [0.25, 0.3) is 0 Å². The fourth-order valence-corrected chi connectivity index (χ4v) is 1.51. The number of aliphatic hydroxyl groups is 1. The van der Waals surface area contributed by atoms with Gasteiger partial charge in [-0.15, -0.1) is 11.8 Å². The molecule has 0 unspecified atom stereocenters. The fraction of sp³-hybridized carbons (Fsp3) is 0.786. The Hall–Kier alpha value is -1.01. The van der Waals surface area contributed by atoms with Crippen molar-refractivity contribution in [2.45, 2.75) is 70.8 Å². The van der Waals surface area contributed by atoms with Gasteiger partial charge in [0.1, 0.15) is 0 Å². The molecule has 0 aromatic carbocycles. The standard InChI is InChI=1S/C14H24O3/c1-13(15)11-9-7-5-3-2-4-6-8-10-12-14(16)17/h13,15H,2-3,5,7-12H2,1H3,(H,16,17)/t13-/m0/s1. The van der Waals surface area contributed by atoms with Crippen molar-refractivity contribution >= 4 is 5.97 Å². The third kappa shape index (κ3) is 15.0. The summed E-state index contributed by atoms with van der Waals surface area (Å²) in [4.78, 5) is 10.2. The van der Waals surface area contributed by atoms with E-state index in [4.69, 9.17) is 10.2 Å². The second-order valence-electron chi connectivity index (χ2n) is 4.40. The third-order valence-electron chi connectivity index (χ3n) is 2.49. The molecule has 0 aliphatic carbocycles. The zero-order valence-corrected chi connectivity index (χ0v) is 10.7. The topological polar surface area (TPSA) is 57.5 Å². The predicted molar refractivity (Wildman–Crippen MR) is 68.6 cm³/mol. The molecule has 0 aromatic heterocycles. The third-order valence-corrected chi connectivity index (χ3v) is 2.49. The summed E-state index contributed by atoms with van der Waals surface area (Å²) in [6, 6.07) is 0. The van der Waals surface area contributed by atoms with Gasteiger partial charge in [-0.2, -0.15) is 0 Å². The predicted octanol–water partition coefficient (Wildman–Crippen LogP) is 2.97. The van der Waals surface area contributed by atoms with Crippen molar-refractivity contribution in [3.63, 3.8) is 0 Å². The average molecular weight is 240 g/mol. The Labute approximate surface area is 104 Å². The van der Waals surface area contributed by atoms with E-state index in [0.717, 1.165) is 38.5 Å². The number of carbonyl (C=O) groups is 1. The lowest BCUT2D eigenvalue weighted by Gasteiger charge is -2.02. The van der Waals surface area contributed by atoms with Crippen LogP contribution in [0.15, 0.2) is 0 Å². The largest absolute Gasteiger partial charge is 0.481 e. The molecule has 17 heavy (non-hydrogen) atoms. The molecule has 98 valence electrons. The lowest BCUT2D eigenvalue weighted by Crippen LogP contribution is -1.98. The number of carboxylic acid groups (broad SMARTS) is 1. The Kier molecular flexibility index (Phi) is 10.8. The Morgan fingerprint density at radius 2 is 1.65 bits per heavy atom. The molecular formula is C14H24O3. The summed E-state index contributed by atoms with van der Waals surface area (Å²) in [6.45, 7) is 1.82.